The molecular weight excluding hydrogens is 220 g/mol. The van der Waals surface area contributed by atoms with Gasteiger partial charge in [0.05, 0.1) is 0 Å². The lowest BCUT2D eigenvalue weighted by Crippen LogP contribution is -1.95. The van der Waals surface area contributed by atoms with E-state index < -0.39 is 5.97 Å². The zero-order valence-corrected chi connectivity index (χ0v) is 9.56. The quantitative estimate of drug-likeness (QED) is 0.881. The summed E-state index contributed by atoms with van der Waals surface area (Å²) in [6.45, 7) is 3.57. The number of hydrogen-bond donors (Lipinski definition) is 1. The van der Waals surface area contributed by atoms with E-state index in [0.29, 0.717) is 17.1 Å². The number of aromatic carboxylic acids is 1. The van der Waals surface area contributed by atoms with E-state index in [9.17, 15) is 4.79 Å². The lowest BCUT2D eigenvalue weighted by Gasteiger charge is -1.90. The van der Waals surface area contributed by atoms with E-state index in [-0.39, 0.29) is 5.56 Å². The summed E-state index contributed by atoms with van der Waals surface area (Å²) in [5.74, 6) is 1.07. The van der Waals surface area contributed by atoms with Gasteiger partial charge in [0.15, 0.2) is 0 Å². The Morgan fingerprint density at radius 3 is 2.59 bits per heavy atom. The van der Waals surface area contributed by atoms with Gasteiger partial charge >= 0.3 is 5.97 Å². The highest BCUT2D eigenvalue weighted by Crippen LogP contribution is 2.19. The SMILES string of the molecule is Cc1ccc(/C=C/c2occ(C(=O)O)c2C)o1. The van der Waals surface area contributed by atoms with Crippen LogP contribution in [-0.2, 0) is 0 Å². The van der Waals surface area contributed by atoms with Crippen molar-refractivity contribution in [2.45, 2.75) is 13.8 Å². The Balaban J connectivity index is 2.25. The molecule has 0 unspecified atom stereocenters. The molecule has 0 saturated heterocycles. The molecule has 2 aromatic rings. The fourth-order valence-corrected chi connectivity index (χ4v) is 1.51. The van der Waals surface area contributed by atoms with E-state index in [4.69, 9.17) is 13.9 Å². The topological polar surface area (TPSA) is 63.6 Å². The number of rotatable bonds is 3. The number of hydrogen-bond acceptors (Lipinski definition) is 3. The van der Waals surface area contributed by atoms with Crippen molar-refractivity contribution < 1.29 is 18.7 Å². The predicted octanol–water partition coefficient (Wildman–Crippen LogP) is 3.36. The van der Waals surface area contributed by atoms with Crippen LogP contribution in [0.5, 0.6) is 0 Å². The summed E-state index contributed by atoms with van der Waals surface area (Å²) < 4.78 is 10.5. The second kappa shape index (κ2) is 4.33. The van der Waals surface area contributed by atoms with Gasteiger partial charge in [0, 0.05) is 5.56 Å². The molecule has 2 aromatic heterocycles. The standard InChI is InChI=1S/C13H12O4/c1-8-3-4-10(17-8)5-6-12-9(2)11(7-16-12)13(14)15/h3-7H,1-2H3,(H,14,15)/b6-5+. The summed E-state index contributed by atoms with van der Waals surface area (Å²) in [6.07, 6.45) is 4.68. The summed E-state index contributed by atoms with van der Waals surface area (Å²) in [6, 6.07) is 3.69. The highest BCUT2D eigenvalue weighted by atomic mass is 16.4. The van der Waals surface area contributed by atoms with Crippen LogP contribution in [0.1, 0.15) is 33.2 Å². The fourth-order valence-electron chi connectivity index (χ4n) is 1.51. The third-order valence-electron chi connectivity index (χ3n) is 2.47. The first-order valence-corrected chi connectivity index (χ1v) is 5.14. The average Bonchev–Trinajstić information content (AvgIpc) is 2.82. The van der Waals surface area contributed by atoms with Gasteiger partial charge in [0.2, 0.25) is 0 Å². The second-order valence-corrected chi connectivity index (χ2v) is 3.73. The molecule has 0 amide bonds. The summed E-state index contributed by atoms with van der Waals surface area (Å²) in [7, 11) is 0. The van der Waals surface area contributed by atoms with Gasteiger partial charge in [-0.25, -0.2) is 4.79 Å². The fraction of sp³-hybridized carbons (Fsp3) is 0.154. The van der Waals surface area contributed by atoms with Gasteiger partial charge in [-0.1, -0.05) is 0 Å². The molecule has 2 rings (SSSR count). The maximum absolute atomic E-state index is 10.8. The van der Waals surface area contributed by atoms with Gasteiger partial charge in [-0.05, 0) is 38.1 Å². The van der Waals surface area contributed by atoms with Crippen LogP contribution in [0.3, 0.4) is 0 Å². The number of carbonyl (C=O) groups is 1. The summed E-state index contributed by atoms with van der Waals surface area (Å²) in [5, 5.41) is 8.86. The van der Waals surface area contributed by atoms with Crippen LogP contribution in [0.4, 0.5) is 0 Å². The maximum Gasteiger partial charge on any atom is 0.339 e. The van der Waals surface area contributed by atoms with E-state index >= 15 is 0 Å². The Bertz CT molecular complexity index is 572. The van der Waals surface area contributed by atoms with Crippen molar-refractivity contribution in [3.8, 4) is 0 Å². The number of aryl methyl sites for hydroxylation is 1. The zero-order chi connectivity index (χ0) is 12.4. The van der Waals surface area contributed by atoms with Crippen LogP contribution in [0.2, 0.25) is 0 Å². The third-order valence-corrected chi connectivity index (χ3v) is 2.47. The lowest BCUT2D eigenvalue weighted by molar-refractivity contribution is 0.0695. The van der Waals surface area contributed by atoms with E-state index in [1.54, 1.807) is 19.1 Å². The van der Waals surface area contributed by atoms with Crippen LogP contribution >= 0.6 is 0 Å². The highest BCUT2D eigenvalue weighted by Gasteiger charge is 2.13. The summed E-state index contributed by atoms with van der Waals surface area (Å²) in [5.41, 5.74) is 0.789. The van der Waals surface area contributed by atoms with Crippen molar-refractivity contribution in [2.24, 2.45) is 0 Å². The average molecular weight is 232 g/mol. The van der Waals surface area contributed by atoms with Crippen LogP contribution in [0, 0.1) is 13.8 Å². The molecule has 88 valence electrons. The zero-order valence-electron chi connectivity index (χ0n) is 9.56. The lowest BCUT2D eigenvalue weighted by atomic mass is 10.1. The Morgan fingerprint density at radius 2 is 2.06 bits per heavy atom. The van der Waals surface area contributed by atoms with Crippen molar-refractivity contribution in [1.29, 1.82) is 0 Å². The molecule has 0 radical (unpaired) electrons. The molecule has 4 nitrogen and oxygen atoms in total. The molecule has 0 aliphatic rings. The van der Waals surface area contributed by atoms with Crippen LogP contribution < -0.4 is 0 Å². The van der Waals surface area contributed by atoms with Crippen molar-refractivity contribution >= 4 is 18.1 Å². The Kier molecular flexibility index (Phi) is 2.87. The van der Waals surface area contributed by atoms with Gasteiger partial charge in [-0.15, -0.1) is 0 Å². The molecule has 0 saturated carbocycles. The molecule has 2 heterocycles. The normalized spacial score (nSPS) is 11.2. The minimum absolute atomic E-state index is 0.181. The number of carboxylic acid groups (broad SMARTS) is 1. The molecular formula is C13H12O4. The number of furan rings is 2. The summed E-state index contributed by atoms with van der Waals surface area (Å²) >= 11 is 0. The van der Waals surface area contributed by atoms with Crippen molar-refractivity contribution in [2.75, 3.05) is 0 Å². The molecule has 0 aromatic carbocycles. The predicted molar refractivity (Wildman–Crippen MR) is 62.8 cm³/mol. The maximum atomic E-state index is 10.8. The van der Waals surface area contributed by atoms with Gasteiger partial charge in [0.25, 0.3) is 0 Å². The largest absolute Gasteiger partial charge is 0.478 e. The minimum Gasteiger partial charge on any atom is -0.478 e. The van der Waals surface area contributed by atoms with Gasteiger partial charge < -0.3 is 13.9 Å². The molecule has 0 spiro atoms. The van der Waals surface area contributed by atoms with E-state index in [0.717, 1.165) is 5.76 Å². The van der Waals surface area contributed by atoms with E-state index in [1.807, 2.05) is 19.1 Å². The van der Waals surface area contributed by atoms with Crippen LogP contribution in [-0.4, -0.2) is 11.1 Å². The Morgan fingerprint density at radius 1 is 1.29 bits per heavy atom. The Labute approximate surface area is 98.2 Å². The molecule has 1 N–H and O–H groups in total. The van der Waals surface area contributed by atoms with Gasteiger partial charge in [-0.2, -0.15) is 0 Å². The third kappa shape index (κ3) is 2.30. The Hall–Kier alpha value is -2.23. The minimum atomic E-state index is -0.986. The first-order valence-electron chi connectivity index (χ1n) is 5.14. The second-order valence-electron chi connectivity index (χ2n) is 3.73. The first kappa shape index (κ1) is 11.3. The molecule has 0 aliphatic heterocycles. The van der Waals surface area contributed by atoms with Crippen LogP contribution in [0.25, 0.3) is 12.2 Å². The van der Waals surface area contributed by atoms with E-state index in [1.165, 1.54) is 6.26 Å². The monoisotopic (exact) mass is 232 g/mol. The smallest absolute Gasteiger partial charge is 0.339 e. The molecule has 0 atom stereocenters. The molecule has 0 aliphatic carbocycles. The summed E-state index contributed by atoms with van der Waals surface area (Å²) in [4.78, 5) is 10.8. The van der Waals surface area contributed by atoms with Crippen LogP contribution in [0.15, 0.2) is 27.2 Å². The number of carboxylic acids is 1. The van der Waals surface area contributed by atoms with Crippen molar-refractivity contribution in [1.82, 2.24) is 0 Å². The highest BCUT2D eigenvalue weighted by molar-refractivity contribution is 5.90. The van der Waals surface area contributed by atoms with Gasteiger partial charge in [-0.3, -0.25) is 0 Å². The first-order chi connectivity index (χ1) is 8.08. The van der Waals surface area contributed by atoms with E-state index in [2.05, 4.69) is 0 Å². The van der Waals surface area contributed by atoms with Crippen molar-refractivity contribution in [3.63, 3.8) is 0 Å². The molecule has 4 heteroatoms. The van der Waals surface area contributed by atoms with Gasteiger partial charge in [0.1, 0.15) is 29.1 Å². The molecule has 17 heavy (non-hydrogen) atoms. The molecule has 0 bridgehead atoms. The molecule has 0 fully saturated rings. The van der Waals surface area contributed by atoms with Crippen molar-refractivity contribution in [3.05, 3.63) is 46.8 Å².